The summed E-state index contributed by atoms with van der Waals surface area (Å²) >= 11 is 0. The highest BCUT2D eigenvalue weighted by atomic mass is 31.2. The van der Waals surface area contributed by atoms with E-state index in [1.54, 1.807) is 0 Å². The van der Waals surface area contributed by atoms with Crippen molar-refractivity contribution in [2.75, 3.05) is 19.8 Å². The molecule has 3 saturated carbocycles. The molecule has 0 amide bonds. The number of hydrogen-bond donors (Lipinski definition) is 0. The van der Waals surface area contributed by atoms with Gasteiger partial charge in [-0.2, -0.15) is 0 Å². The van der Waals surface area contributed by atoms with E-state index in [9.17, 15) is 4.57 Å². The average Bonchev–Trinajstić information content (AvgIpc) is 3.60. The van der Waals surface area contributed by atoms with Crippen molar-refractivity contribution in [2.24, 2.45) is 17.8 Å². The maximum Gasteiger partial charge on any atom is 0.474 e. The minimum absolute atomic E-state index is 0.380. The molecule has 6 aliphatic rings. The van der Waals surface area contributed by atoms with Crippen LogP contribution in [0.3, 0.4) is 0 Å². The number of ether oxygens (including phenoxy) is 3. The molecule has 0 aromatic carbocycles. The Morgan fingerprint density at radius 2 is 0.897 bits per heavy atom. The predicted octanol–water partition coefficient (Wildman–Crippen LogP) is 3.85. The van der Waals surface area contributed by atoms with E-state index < -0.39 is 7.82 Å². The van der Waals surface area contributed by atoms with Crippen LogP contribution in [-0.4, -0.2) is 56.4 Å². The van der Waals surface area contributed by atoms with Gasteiger partial charge in [0.15, 0.2) is 0 Å². The highest BCUT2D eigenvalue weighted by Gasteiger charge is 2.47. The van der Waals surface area contributed by atoms with Gasteiger partial charge >= 0.3 is 7.82 Å². The zero-order valence-corrected chi connectivity index (χ0v) is 17.9. The topological polar surface area (TPSA) is 82.4 Å². The van der Waals surface area contributed by atoms with Gasteiger partial charge in [-0.15, -0.1) is 0 Å². The summed E-state index contributed by atoms with van der Waals surface area (Å²) in [5.74, 6) is 1.14. The second-order valence-corrected chi connectivity index (χ2v) is 11.7. The van der Waals surface area contributed by atoms with Gasteiger partial charge in [-0.05, 0) is 75.5 Å². The standard InChI is InChI=1S/C21H33O7P/c22-29(23-10-13-1-4-16-19(7-13)26-16,24-11-14-2-5-17-20(8-14)27-17)25-12-15-3-6-18-21(9-15)28-18/h13-21H,1-12H2. The summed E-state index contributed by atoms with van der Waals surface area (Å²) in [6.45, 7) is 1.29. The number of fused-ring (bicyclic) bond motifs is 3. The van der Waals surface area contributed by atoms with Crippen molar-refractivity contribution in [1.82, 2.24) is 0 Å². The molecule has 0 spiro atoms. The summed E-state index contributed by atoms with van der Waals surface area (Å²) in [7, 11) is -3.56. The first kappa shape index (κ1) is 19.7. The molecule has 6 rings (SSSR count). The van der Waals surface area contributed by atoms with Crippen molar-refractivity contribution >= 4 is 7.82 Å². The number of hydrogen-bond acceptors (Lipinski definition) is 7. The minimum atomic E-state index is -3.56. The van der Waals surface area contributed by atoms with E-state index in [0.29, 0.717) is 74.2 Å². The van der Waals surface area contributed by atoms with Crippen molar-refractivity contribution in [3.8, 4) is 0 Å². The SMILES string of the molecule is O=P(OCC1CCC2OC2C1)(OCC1CCC2OC2C1)OCC1CCC2OC2C1. The Morgan fingerprint density at radius 3 is 1.21 bits per heavy atom. The Labute approximate surface area is 172 Å². The molecular weight excluding hydrogens is 395 g/mol. The summed E-state index contributed by atoms with van der Waals surface area (Å²) in [5.41, 5.74) is 0. The molecule has 0 bridgehead atoms. The second kappa shape index (κ2) is 7.84. The molecule has 0 aromatic rings. The van der Waals surface area contributed by atoms with Crippen LogP contribution in [0, 0.1) is 17.8 Å². The van der Waals surface area contributed by atoms with Crippen molar-refractivity contribution in [2.45, 2.75) is 94.4 Å². The molecule has 9 atom stereocenters. The molecule has 0 aromatic heterocycles. The summed E-state index contributed by atoms with van der Waals surface area (Å²) in [6, 6.07) is 0. The highest BCUT2D eigenvalue weighted by Crippen LogP contribution is 2.53. The van der Waals surface area contributed by atoms with Crippen molar-refractivity contribution in [3.05, 3.63) is 0 Å². The quantitative estimate of drug-likeness (QED) is 0.408. The number of rotatable bonds is 9. The Bertz CT molecular complexity index is 573. The fraction of sp³-hybridized carbons (Fsp3) is 1.00. The molecular formula is C21H33O7P. The van der Waals surface area contributed by atoms with Crippen LogP contribution < -0.4 is 0 Å². The predicted molar refractivity (Wildman–Crippen MR) is 103 cm³/mol. The maximum absolute atomic E-state index is 13.5. The molecule has 8 heteroatoms. The van der Waals surface area contributed by atoms with Crippen molar-refractivity contribution in [3.63, 3.8) is 0 Å². The van der Waals surface area contributed by atoms with E-state index in [1.807, 2.05) is 0 Å². The van der Waals surface area contributed by atoms with Gasteiger partial charge in [-0.3, -0.25) is 13.6 Å². The first-order valence-electron chi connectivity index (χ1n) is 11.6. The molecule has 3 heterocycles. The van der Waals surface area contributed by atoms with Crippen molar-refractivity contribution < 1.29 is 32.3 Å². The molecule has 3 aliphatic carbocycles. The largest absolute Gasteiger partial charge is 0.474 e. The van der Waals surface area contributed by atoms with Crippen LogP contribution in [0.4, 0.5) is 0 Å². The first-order valence-corrected chi connectivity index (χ1v) is 13.1. The van der Waals surface area contributed by atoms with Crippen LogP contribution in [0.15, 0.2) is 0 Å². The number of phosphoric acid groups is 1. The third-order valence-corrected chi connectivity index (χ3v) is 9.14. The Morgan fingerprint density at radius 1 is 0.552 bits per heavy atom. The van der Waals surface area contributed by atoms with E-state index in [4.69, 9.17) is 27.8 Å². The van der Waals surface area contributed by atoms with Gasteiger partial charge in [0.1, 0.15) is 0 Å². The van der Waals surface area contributed by atoms with Gasteiger partial charge < -0.3 is 14.2 Å². The Balaban J connectivity index is 1.02. The van der Waals surface area contributed by atoms with E-state index in [2.05, 4.69) is 0 Å². The fourth-order valence-corrected chi connectivity index (χ4v) is 7.02. The molecule has 164 valence electrons. The first-order chi connectivity index (χ1) is 14.1. The normalized spacial score (nSPS) is 49.3. The lowest BCUT2D eigenvalue weighted by Gasteiger charge is -2.27. The third-order valence-electron chi connectivity index (χ3n) is 7.74. The zero-order chi connectivity index (χ0) is 19.4. The van der Waals surface area contributed by atoms with Gasteiger partial charge in [0.25, 0.3) is 0 Å². The summed E-state index contributed by atoms with van der Waals surface area (Å²) in [4.78, 5) is 0. The van der Waals surface area contributed by atoms with Gasteiger partial charge in [0.05, 0.1) is 56.4 Å². The van der Waals surface area contributed by atoms with Gasteiger partial charge in [-0.1, -0.05) is 0 Å². The average molecular weight is 428 g/mol. The molecule has 6 fully saturated rings. The lowest BCUT2D eigenvalue weighted by atomic mass is 9.90. The van der Waals surface area contributed by atoms with Crippen LogP contribution in [0.25, 0.3) is 0 Å². The lowest BCUT2D eigenvalue weighted by molar-refractivity contribution is 0.0677. The van der Waals surface area contributed by atoms with Crippen molar-refractivity contribution in [1.29, 1.82) is 0 Å². The molecule has 0 radical (unpaired) electrons. The maximum atomic E-state index is 13.5. The van der Waals surface area contributed by atoms with Gasteiger partial charge in [0.2, 0.25) is 0 Å². The smallest absolute Gasteiger partial charge is 0.370 e. The van der Waals surface area contributed by atoms with Crippen LogP contribution in [0.5, 0.6) is 0 Å². The molecule has 7 nitrogen and oxygen atoms in total. The second-order valence-electron chi connectivity index (χ2n) is 10.0. The van der Waals surface area contributed by atoms with Crippen LogP contribution in [0.1, 0.15) is 57.8 Å². The van der Waals surface area contributed by atoms with Crippen LogP contribution >= 0.6 is 7.82 Å². The third kappa shape index (κ3) is 4.77. The van der Waals surface area contributed by atoms with Crippen LogP contribution in [-0.2, 0) is 32.3 Å². The van der Waals surface area contributed by atoms with Gasteiger partial charge in [-0.25, -0.2) is 4.57 Å². The number of epoxide rings is 3. The van der Waals surface area contributed by atoms with E-state index >= 15 is 0 Å². The lowest BCUT2D eigenvalue weighted by Crippen LogP contribution is -2.22. The Kier molecular flexibility index (Phi) is 5.32. The minimum Gasteiger partial charge on any atom is -0.370 e. The summed E-state index contributed by atoms with van der Waals surface area (Å²) in [5, 5.41) is 0. The fourth-order valence-electron chi connectivity index (χ4n) is 5.62. The highest BCUT2D eigenvalue weighted by molar-refractivity contribution is 7.48. The number of phosphoric ester groups is 1. The summed E-state index contributed by atoms with van der Waals surface area (Å²) < 4.78 is 47.9. The molecule has 29 heavy (non-hydrogen) atoms. The molecule has 0 N–H and O–H groups in total. The zero-order valence-electron chi connectivity index (χ0n) is 17.0. The van der Waals surface area contributed by atoms with E-state index in [-0.39, 0.29) is 0 Å². The van der Waals surface area contributed by atoms with Gasteiger partial charge in [0, 0.05) is 0 Å². The van der Waals surface area contributed by atoms with E-state index in [0.717, 1.165) is 57.8 Å². The Hall–Kier alpha value is -0.0100. The summed E-state index contributed by atoms with van der Waals surface area (Å²) in [6.07, 6.45) is 12.0. The molecule has 3 saturated heterocycles. The van der Waals surface area contributed by atoms with E-state index in [1.165, 1.54) is 0 Å². The molecule has 3 aliphatic heterocycles. The molecule has 9 unspecified atom stereocenters. The van der Waals surface area contributed by atoms with Crippen LogP contribution in [0.2, 0.25) is 0 Å². The monoisotopic (exact) mass is 428 g/mol.